The van der Waals surface area contributed by atoms with Crippen LogP contribution in [0.15, 0.2) is 30.5 Å². The topological polar surface area (TPSA) is 100 Å². The van der Waals surface area contributed by atoms with E-state index in [9.17, 15) is 9.59 Å². The van der Waals surface area contributed by atoms with Crippen LogP contribution in [0.3, 0.4) is 0 Å². The molecule has 1 fully saturated rings. The van der Waals surface area contributed by atoms with E-state index in [2.05, 4.69) is 25.6 Å². The number of aromatic nitrogens is 3. The summed E-state index contributed by atoms with van der Waals surface area (Å²) in [6, 6.07) is 7.63. The third-order valence-corrected chi connectivity index (χ3v) is 6.70. The second-order valence-corrected chi connectivity index (χ2v) is 10.9. The van der Waals surface area contributed by atoms with Crippen LogP contribution in [0.2, 0.25) is 0 Å². The van der Waals surface area contributed by atoms with E-state index in [0.29, 0.717) is 31.3 Å². The van der Waals surface area contributed by atoms with Crippen molar-refractivity contribution in [2.24, 2.45) is 11.3 Å². The molecule has 2 amide bonds. The molecule has 8 nitrogen and oxygen atoms in total. The van der Waals surface area contributed by atoms with Crippen LogP contribution < -0.4 is 10.6 Å². The lowest BCUT2D eigenvalue weighted by atomic mass is 9.94. The molecule has 1 unspecified atom stereocenters. The Morgan fingerprint density at radius 2 is 2.00 bits per heavy atom. The van der Waals surface area contributed by atoms with Gasteiger partial charge in [0.05, 0.1) is 22.0 Å². The molecule has 3 aromatic rings. The van der Waals surface area contributed by atoms with Crippen molar-refractivity contribution in [1.82, 2.24) is 25.2 Å². The molecule has 33 heavy (non-hydrogen) atoms. The first-order valence-electron chi connectivity index (χ1n) is 11.1. The van der Waals surface area contributed by atoms with Gasteiger partial charge in [0.2, 0.25) is 11.9 Å². The highest BCUT2D eigenvalue weighted by Crippen LogP contribution is 2.30. The van der Waals surface area contributed by atoms with Crippen LogP contribution in [0.25, 0.3) is 10.2 Å². The molecule has 1 aliphatic rings. The maximum Gasteiger partial charge on any atom is 0.274 e. The predicted octanol–water partition coefficient (Wildman–Crippen LogP) is 3.80. The Labute approximate surface area is 197 Å². The molecule has 0 spiro atoms. The van der Waals surface area contributed by atoms with Crippen molar-refractivity contribution in [3.8, 4) is 0 Å². The van der Waals surface area contributed by atoms with Crippen molar-refractivity contribution in [1.29, 1.82) is 0 Å². The van der Waals surface area contributed by atoms with Crippen molar-refractivity contribution in [2.75, 3.05) is 25.0 Å². The predicted molar refractivity (Wildman–Crippen MR) is 130 cm³/mol. The summed E-state index contributed by atoms with van der Waals surface area (Å²) in [6.45, 7) is 11.4. The van der Waals surface area contributed by atoms with E-state index >= 15 is 0 Å². The fourth-order valence-corrected chi connectivity index (χ4v) is 4.61. The van der Waals surface area contributed by atoms with Crippen LogP contribution in [0, 0.1) is 18.3 Å². The summed E-state index contributed by atoms with van der Waals surface area (Å²) in [6.07, 6.45) is 1.75. The average Bonchev–Trinajstić information content (AvgIpc) is 3.11. The number of amides is 2. The number of nitrogens with zero attached hydrogens (tertiary/aromatic N) is 4. The zero-order chi connectivity index (χ0) is 23.8. The van der Waals surface area contributed by atoms with Gasteiger partial charge < -0.3 is 15.5 Å². The Morgan fingerprint density at radius 3 is 2.67 bits per heavy atom. The van der Waals surface area contributed by atoms with Gasteiger partial charge in [-0.2, -0.15) is 0 Å². The van der Waals surface area contributed by atoms with Crippen molar-refractivity contribution in [3.63, 3.8) is 0 Å². The first-order valence-corrected chi connectivity index (χ1v) is 12.0. The van der Waals surface area contributed by atoms with Crippen LogP contribution in [0.5, 0.6) is 0 Å². The van der Waals surface area contributed by atoms with Gasteiger partial charge in [-0.25, -0.2) is 9.97 Å². The summed E-state index contributed by atoms with van der Waals surface area (Å²) in [5.41, 5.74) is 1.64. The highest BCUT2D eigenvalue weighted by atomic mass is 32.1. The summed E-state index contributed by atoms with van der Waals surface area (Å²) in [5, 5.41) is 6.27. The van der Waals surface area contributed by atoms with Gasteiger partial charge in [-0.3, -0.25) is 14.6 Å². The van der Waals surface area contributed by atoms with E-state index in [4.69, 9.17) is 0 Å². The highest BCUT2D eigenvalue weighted by molar-refractivity contribution is 7.19. The molecule has 0 bridgehead atoms. The quantitative estimate of drug-likeness (QED) is 0.573. The van der Waals surface area contributed by atoms with Gasteiger partial charge >= 0.3 is 0 Å². The van der Waals surface area contributed by atoms with E-state index in [1.54, 1.807) is 11.1 Å². The molecule has 4 heterocycles. The number of fused-ring (bicyclic) bond motifs is 1. The van der Waals surface area contributed by atoms with Gasteiger partial charge in [-0.05, 0) is 32.0 Å². The highest BCUT2D eigenvalue weighted by Gasteiger charge is 2.34. The van der Waals surface area contributed by atoms with Crippen LogP contribution in [0.4, 0.5) is 5.95 Å². The summed E-state index contributed by atoms with van der Waals surface area (Å²) in [7, 11) is 0. The number of rotatable bonds is 6. The van der Waals surface area contributed by atoms with Crippen LogP contribution in [0.1, 0.15) is 54.8 Å². The number of hydrogen-bond donors (Lipinski definition) is 2. The molecule has 0 aliphatic carbocycles. The lowest BCUT2D eigenvalue weighted by Crippen LogP contribution is -2.54. The summed E-state index contributed by atoms with van der Waals surface area (Å²) in [5.74, 6) is 0.591. The normalized spacial score (nSPS) is 15.2. The molecule has 4 rings (SSSR count). The van der Waals surface area contributed by atoms with E-state index in [0.717, 1.165) is 20.8 Å². The summed E-state index contributed by atoms with van der Waals surface area (Å²) < 4.78 is 0.804. The van der Waals surface area contributed by atoms with E-state index in [-0.39, 0.29) is 23.8 Å². The zero-order valence-corrected chi connectivity index (χ0v) is 20.5. The van der Waals surface area contributed by atoms with Gasteiger partial charge in [-0.1, -0.05) is 26.8 Å². The fourth-order valence-electron chi connectivity index (χ4n) is 3.68. The van der Waals surface area contributed by atoms with E-state index < -0.39 is 5.41 Å². The lowest BCUT2D eigenvalue weighted by Gasteiger charge is -2.39. The third-order valence-electron chi connectivity index (χ3n) is 5.65. The molecule has 3 aromatic heterocycles. The zero-order valence-electron chi connectivity index (χ0n) is 19.7. The molecule has 0 aromatic carbocycles. The second-order valence-electron chi connectivity index (χ2n) is 9.62. The Bertz CT molecular complexity index is 1160. The first-order chi connectivity index (χ1) is 15.6. The Kier molecular flexibility index (Phi) is 6.34. The minimum absolute atomic E-state index is 0.0246. The van der Waals surface area contributed by atoms with E-state index in [1.807, 2.05) is 58.9 Å². The molecule has 0 saturated carbocycles. The molecule has 2 N–H and O–H groups in total. The third kappa shape index (κ3) is 5.13. The Morgan fingerprint density at radius 1 is 1.24 bits per heavy atom. The number of nitrogens with one attached hydrogen (secondary N) is 2. The number of pyridine rings is 1. The van der Waals surface area contributed by atoms with Crippen molar-refractivity contribution in [3.05, 3.63) is 46.7 Å². The lowest BCUT2D eigenvalue weighted by molar-refractivity contribution is -0.128. The standard InChI is InChI=1S/C24H30N6O2S/c1-14-10-18-20(33-14)19(29-23(28-18)27-15(2)17-8-6-7-9-25-17)21(31)30-12-16(13-30)11-26-22(32)24(3,4)5/h6-10,15-16H,11-13H2,1-5H3,(H,26,32)(H,27,28,29). The largest absolute Gasteiger partial charge is 0.355 e. The SMILES string of the molecule is Cc1cc2nc(NC(C)c3ccccn3)nc(C(=O)N3CC(CNC(=O)C(C)(C)C)C3)c2s1. The van der Waals surface area contributed by atoms with Gasteiger partial charge in [0, 0.05) is 42.0 Å². The smallest absolute Gasteiger partial charge is 0.274 e. The molecule has 1 aliphatic heterocycles. The van der Waals surface area contributed by atoms with Gasteiger partial charge in [0.15, 0.2) is 5.69 Å². The Hall–Kier alpha value is -3.07. The maximum absolute atomic E-state index is 13.3. The number of hydrogen-bond acceptors (Lipinski definition) is 7. The average molecular weight is 467 g/mol. The minimum Gasteiger partial charge on any atom is -0.355 e. The molecule has 174 valence electrons. The fraction of sp³-hybridized carbons (Fsp3) is 0.458. The minimum atomic E-state index is -0.418. The number of likely N-dealkylation sites (tertiary alicyclic amines) is 1. The van der Waals surface area contributed by atoms with Crippen LogP contribution in [-0.4, -0.2) is 51.3 Å². The number of carbonyl (C=O) groups excluding carboxylic acids is 2. The number of carbonyl (C=O) groups is 2. The van der Waals surface area contributed by atoms with Crippen LogP contribution in [-0.2, 0) is 4.79 Å². The van der Waals surface area contributed by atoms with Crippen molar-refractivity contribution >= 4 is 39.3 Å². The van der Waals surface area contributed by atoms with Gasteiger partial charge in [0.1, 0.15) is 0 Å². The monoisotopic (exact) mass is 466 g/mol. The number of aryl methyl sites for hydroxylation is 1. The molecule has 1 atom stereocenters. The summed E-state index contributed by atoms with van der Waals surface area (Å²) >= 11 is 1.53. The van der Waals surface area contributed by atoms with Crippen molar-refractivity contribution in [2.45, 2.75) is 40.7 Å². The molecular weight excluding hydrogens is 436 g/mol. The second kappa shape index (κ2) is 9.05. The van der Waals surface area contributed by atoms with Gasteiger partial charge in [-0.15, -0.1) is 11.3 Å². The number of anilines is 1. The van der Waals surface area contributed by atoms with Crippen LogP contribution >= 0.6 is 11.3 Å². The first kappa shape index (κ1) is 23.1. The Balaban J connectivity index is 1.48. The molecule has 1 saturated heterocycles. The van der Waals surface area contributed by atoms with Gasteiger partial charge in [0.25, 0.3) is 5.91 Å². The van der Waals surface area contributed by atoms with Crippen molar-refractivity contribution < 1.29 is 9.59 Å². The molecule has 0 radical (unpaired) electrons. The summed E-state index contributed by atoms with van der Waals surface area (Å²) in [4.78, 5) is 41.9. The molecular formula is C24H30N6O2S. The number of thiophene rings is 1. The molecule has 9 heteroatoms. The maximum atomic E-state index is 13.3. The van der Waals surface area contributed by atoms with E-state index in [1.165, 1.54) is 11.3 Å².